The number of nitrogens with zero attached hydrogens (tertiary/aromatic N) is 1. The molecule has 2 heterocycles. The number of carbonyl (C=O) groups excluding carboxylic acids is 1. The number of carbonyl (C=O) groups is 1. The molecule has 106 valence electrons. The Morgan fingerprint density at radius 1 is 1.53 bits per heavy atom. The Balaban J connectivity index is 1.65. The zero-order chi connectivity index (χ0) is 13.7. The molecule has 1 fully saturated rings. The zero-order valence-electron chi connectivity index (χ0n) is 11.3. The second-order valence-electron chi connectivity index (χ2n) is 5.09. The molecule has 0 radical (unpaired) electrons. The largest absolute Gasteiger partial charge is 0.351 e. The van der Waals surface area contributed by atoms with Crippen LogP contribution in [-0.2, 0) is 0 Å². The number of hydrogen-bond acceptors (Lipinski definition) is 3. The van der Waals surface area contributed by atoms with Crippen molar-refractivity contribution in [3.8, 4) is 0 Å². The molecule has 1 unspecified atom stereocenters. The predicted molar refractivity (Wildman–Crippen MR) is 83.9 cm³/mol. The average molecular weight is 345 g/mol. The van der Waals surface area contributed by atoms with Crippen molar-refractivity contribution in [2.75, 3.05) is 19.6 Å². The van der Waals surface area contributed by atoms with E-state index >= 15 is 0 Å². The number of halogens is 1. The molecule has 0 aliphatic carbocycles. The molecule has 1 saturated heterocycles. The summed E-state index contributed by atoms with van der Waals surface area (Å²) in [5.41, 5.74) is 0. The maximum absolute atomic E-state index is 11.8. The summed E-state index contributed by atoms with van der Waals surface area (Å²) in [4.78, 5) is 15.2. The van der Waals surface area contributed by atoms with Crippen LogP contribution in [0.2, 0.25) is 0 Å². The second kappa shape index (κ2) is 7.41. The molecule has 1 atom stereocenters. The molecule has 0 spiro atoms. The molecule has 19 heavy (non-hydrogen) atoms. The lowest BCUT2D eigenvalue weighted by molar-refractivity contribution is 0.0953. The maximum atomic E-state index is 11.8. The SMILES string of the molecule is CC1CCCCN1CCCNC(=O)c1ccc(Br)s1. The Morgan fingerprint density at radius 3 is 3.05 bits per heavy atom. The zero-order valence-corrected chi connectivity index (χ0v) is 13.7. The van der Waals surface area contributed by atoms with E-state index in [1.54, 1.807) is 0 Å². The van der Waals surface area contributed by atoms with E-state index in [1.165, 1.54) is 37.1 Å². The molecule has 2 rings (SSSR count). The summed E-state index contributed by atoms with van der Waals surface area (Å²) < 4.78 is 1.000. The fraction of sp³-hybridized carbons (Fsp3) is 0.643. The molecule has 5 heteroatoms. The van der Waals surface area contributed by atoms with Gasteiger partial charge in [0.2, 0.25) is 0 Å². The fourth-order valence-corrected chi connectivity index (χ4v) is 3.80. The van der Waals surface area contributed by atoms with Crippen LogP contribution in [0.3, 0.4) is 0 Å². The number of hydrogen-bond donors (Lipinski definition) is 1. The van der Waals surface area contributed by atoms with Crippen LogP contribution >= 0.6 is 27.3 Å². The van der Waals surface area contributed by atoms with Gasteiger partial charge in [-0.05, 0) is 60.8 Å². The predicted octanol–water partition coefficient (Wildman–Crippen LogP) is 3.50. The summed E-state index contributed by atoms with van der Waals surface area (Å²) in [6.45, 7) is 5.38. The van der Waals surface area contributed by atoms with Gasteiger partial charge in [0.1, 0.15) is 0 Å². The first kappa shape index (κ1) is 15.0. The maximum Gasteiger partial charge on any atom is 0.261 e. The molecular formula is C14H21BrN2OS. The van der Waals surface area contributed by atoms with E-state index in [4.69, 9.17) is 0 Å². The summed E-state index contributed by atoms with van der Waals surface area (Å²) >= 11 is 4.85. The van der Waals surface area contributed by atoms with Crippen LogP contribution in [0.25, 0.3) is 0 Å². The van der Waals surface area contributed by atoms with Gasteiger partial charge in [-0.25, -0.2) is 0 Å². The van der Waals surface area contributed by atoms with Crippen molar-refractivity contribution in [2.45, 2.75) is 38.6 Å². The third kappa shape index (κ3) is 4.58. The lowest BCUT2D eigenvalue weighted by Gasteiger charge is -2.33. The highest BCUT2D eigenvalue weighted by atomic mass is 79.9. The summed E-state index contributed by atoms with van der Waals surface area (Å²) in [6, 6.07) is 4.48. The van der Waals surface area contributed by atoms with E-state index in [2.05, 4.69) is 33.1 Å². The first-order chi connectivity index (χ1) is 9.16. The van der Waals surface area contributed by atoms with Gasteiger partial charge in [-0.1, -0.05) is 6.42 Å². The van der Waals surface area contributed by atoms with Crippen LogP contribution in [0.5, 0.6) is 0 Å². The van der Waals surface area contributed by atoms with Gasteiger partial charge >= 0.3 is 0 Å². The van der Waals surface area contributed by atoms with Gasteiger partial charge in [0.05, 0.1) is 8.66 Å². The monoisotopic (exact) mass is 344 g/mol. The molecule has 1 aliphatic heterocycles. The summed E-state index contributed by atoms with van der Waals surface area (Å²) in [7, 11) is 0. The highest BCUT2D eigenvalue weighted by Crippen LogP contribution is 2.21. The summed E-state index contributed by atoms with van der Waals surface area (Å²) in [5.74, 6) is 0.0439. The second-order valence-corrected chi connectivity index (χ2v) is 7.56. The smallest absolute Gasteiger partial charge is 0.261 e. The Hall–Kier alpha value is -0.390. The van der Waals surface area contributed by atoms with Gasteiger partial charge in [-0.3, -0.25) is 4.79 Å². The molecular weight excluding hydrogens is 324 g/mol. The minimum Gasteiger partial charge on any atom is -0.351 e. The molecule has 1 N–H and O–H groups in total. The molecule has 0 bridgehead atoms. The topological polar surface area (TPSA) is 32.3 Å². The molecule has 1 amide bonds. The van der Waals surface area contributed by atoms with Crippen molar-refractivity contribution in [3.05, 3.63) is 20.8 Å². The molecule has 1 aromatic heterocycles. The van der Waals surface area contributed by atoms with Crippen LogP contribution in [0, 0.1) is 0 Å². The molecule has 0 saturated carbocycles. The minimum atomic E-state index is 0.0439. The van der Waals surface area contributed by atoms with E-state index in [0.29, 0.717) is 6.04 Å². The van der Waals surface area contributed by atoms with Crippen molar-refractivity contribution >= 4 is 33.2 Å². The number of nitrogens with one attached hydrogen (secondary N) is 1. The third-order valence-corrected chi connectivity index (χ3v) is 5.27. The van der Waals surface area contributed by atoms with Gasteiger partial charge in [0, 0.05) is 19.1 Å². The normalized spacial score (nSPS) is 20.4. The van der Waals surface area contributed by atoms with E-state index in [9.17, 15) is 4.79 Å². The Labute approximate surface area is 127 Å². The van der Waals surface area contributed by atoms with Gasteiger partial charge in [0.15, 0.2) is 0 Å². The fourth-order valence-electron chi connectivity index (χ4n) is 2.50. The highest BCUT2D eigenvalue weighted by molar-refractivity contribution is 9.11. The number of likely N-dealkylation sites (tertiary alicyclic amines) is 1. The van der Waals surface area contributed by atoms with Crippen LogP contribution in [0.1, 0.15) is 42.3 Å². The van der Waals surface area contributed by atoms with Crippen molar-refractivity contribution < 1.29 is 4.79 Å². The summed E-state index contributed by atoms with van der Waals surface area (Å²) in [5, 5.41) is 2.99. The molecule has 1 aromatic rings. The van der Waals surface area contributed by atoms with E-state index in [0.717, 1.165) is 28.2 Å². The van der Waals surface area contributed by atoms with Crippen molar-refractivity contribution in [2.24, 2.45) is 0 Å². The van der Waals surface area contributed by atoms with Crippen molar-refractivity contribution in [1.82, 2.24) is 10.2 Å². The van der Waals surface area contributed by atoms with Crippen molar-refractivity contribution in [1.29, 1.82) is 0 Å². The lowest BCUT2D eigenvalue weighted by atomic mass is 10.0. The van der Waals surface area contributed by atoms with Gasteiger partial charge < -0.3 is 10.2 Å². The van der Waals surface area contributed by atoms with Crippen LogP contribution in [0.4, 0.5) is 0 Å². The molecule has 1 aliphatic rings. The third-order valence-electron chi connectivity index (χ3n) is 3.65. The van der Waals surface area contributed by atoms with Crippen LogP contribution in [0.15, 0.2) is 15.9 Å². The number of piperidine rings is 1. The van der Waals surface area contributed by atoms with Gasteiger partial charge in [-0.2, -0.15) is 0 Å². The van der Waals surface area contributed by atoms with E-state index in [-0.39, 0.29) is 5.91 Å². The molecule has 0 aromatic carbocycles. The van der Waals surface area contributed by atoms with Crippen LogP contribution in [-0.4, -0.2) is 36.5 Å². The Bertz CT molecular complexity index is 421. The Morgan fingerprint density at radius 2 is 2.37 bits per heavy atom. The lowest BCUT2D eigenvalue weighted by Crippen LogP contribution is -2.39. The van der Waals surface area contributed by atoms with E-state index < -0.39 is 0 Å². The van der Waals surface area contributed by atoms with Crippen LogP contribution < -0.4 is 5.32 Å². The highest BCUT2D eigenvalue weighted by Gasteiger charge is 2.17. The quantitative estimate of drug-likeness (QED) is 0.829. The summed E-state index contributed by atoms with van der Waals surface area (Å²) in [6.07, 6.45) is 5.03. The van der Waals surface area contributed by atoms with Gasteiger partial charge in [-0.15, -0.1) is 11.3 Å². The van der Waals surface area contributed by atoms with Gasteiger partial charge in [0.25, 0.3) is 5.91 Å². The first-order valence-corrected chi connectivity index (χ1v) is 8.55. The average Bonchev–Trinajstić information content (AvgIpc) is 2.83. The number of amides is 1. The number of rotatable bonds is 5. The first-order valence-electron chi connectivity index (χ1n) is 6.94. The number of thiophene rings is 1. The standard InChI is InChI=1S/C14H21BrN2OS/c1-11-5-2-3-9-17(11)10-4-8-16-14(18)12-6-7-13(15)19-12/h6-7,11H,2-5,8-10H2,1H3,(H,16,18). The minimum absolute atomic E-state index is 0.0439. The Kier molecular flexibility index (Phi) is 5.85. The van der Waals surface area contributed by atoms with Crippen molar-refractivity contribution in [3.63, 3.8) is 0 Å². The molecule has 3 nitrogen and oxygen atoms in total. The van der Waals surface area contributed by atoms with E-state index in [1.807, 2.05) is 12.1 Å².